The first-order valence-electron chi connectivity index (χ1n) is 4.88. The third-order valence-corrected chi connectivity index (χ3v) is 2.24. The number of rotatable bonds is 3. The van der Waals surface area contributed by atoms with E-state index in [2.05, 4.69) is 21.2 Å². The lowest BCUT2D eigenvalue weighted by Crippen LogP contribution is -2.03. The molecule has 0 aliphatic heterocycles. The molecule has 1 aromatic heterocycles. The Labute approximate surface area is 97.5 Å². The molecule has 0 fully saturated rings. The molecular formula is C12H9N3O2. The molecule has 0 aliphatic rings. The molecule has 0 aliphatic carbocycles. The molecule has 0 saturated carbocycles. The van der Waals surface area contributed by atoms with E-state index < -0.39 is 5.97 Å². The minimum atomic E-state index is -0.983. The molecule has 0 radical (unpaired) electrons. The molecule has 5 heteroatoms. The number of terminal acetylenes is 1. The van der Waals surface area contributed by atoms with E-state index in [1.54, 1.807) is 6.07 Å². The molecule has 1 aromatic carbocycles. The fourth-order valence-corrected chi connectivity index (χ4v) is 1.47. The first kappa shape index (κ1) is 10.9. The summed E-state index contributed by atoms with van der Waals surface area (Å²) in [5, 5.41) is 12.6. The van der Waals surface area contributed by atoms with Crippen LogP contribution in [0.4, 0.5) is 5.82 Å². The van der Waals surface area contributed by atoms with Crippen molar-refractivity contribution in [3.63, 3.8) is 0 Å². The zero-order valence-corrected chi connectivity index (χ0v) is 8.84. The van der Waals surface area contributed by atoms with Gasteiger partial charge in [-0.2, -0.15) is 0 Å². The van der Waals surface area contributed by atoms with Gasteiger partial charge in [-0.05, 0) is 18.2 Å². The summed E-state index contributed by atoms with van der Waals surface area (Å²) in [6, 6.07) is 4.67. The SMILES string of the molecule is C#CCNc1ncnc2cc(C(=O)O)ccc12. The number of nitrogens with one attached hydrogen (secondary N) is 1. The van der Waals surface area contributed by atoms with Crippen LogP contribution in [-0.4, -0.2) is 27.6 Å². The number of carbonyl (C=O) groups is 1. The Kier molecular flexibility index (Phi) is 2.88. The van der Waals surface area contributed by atoms with Gasteiger partial charge in [0.1, 0.15) is 12.1 Å². The normalized spacial score (nSPS) is 9.82. The summed E-state index contributed by atoms with van der Waals surface area (Å²) in [4.78, 5) is 18.9. The standard InChI is InChI=1S/C12H9N3O2/c1-2-5-13-11-9-4-3-8(12(16)17)6-10(9)14-7-15-11/h1,3-4,6-7H,5H2,(H,16,17)(H,13,14,15). The van der Waals surface area contributed by atoms with E-state index in [9.17, 15) is 4.79 Å². The Hall–Kier alpha value is -2.61. The molecule has 0 amide bonds. The van der Waals surface area contributed by atoms with Gasteiger partial charge in [0.25, 0.3) is 0 Å². The number of anilines is 1. The van der Waals surface area contributed by atoms with Crippen molar-refractivity contribution in [2.45, 2.75) is 0 Å². The van der Waals surface area contributed by atoms with Crippen LogP contribution in [0.25, 0.3) is 10.9 Å². The third kappa shape index (κ3) is 2.16. The molecule has 0 atom stereocenters. The van der Waals surface area contributed by atoms with Gasteiger partial charge in [0.2, 0.25) is 0 Å². The molecule has 2 aromatic rings. The second kappa shape index (κ2) is 4.49. The Morgan fingerprint density at radius 2 is 2.29 bits per heavy atom. The van der Waals surface area contributed by atoms with E-state index in [0.29, 0.717) is 17.9 Å². The van der Waals surface area contributed by atoms with Gasteiger partial charge < -0.3 is 10.4 Å². The van der Waals surface area contributed by atoms with Crippen LogP contribution in [0.2, 0.25) is 0 Å². The molecule has 0 bridgehead atoms. The van der Waals surface area contributed by atoms with Gasteiger partial charge in [-0.25, -0.2) is 14.8 Å². The number of benzene rings is 1. The monoisotopic (exact) mass is 227 g/mol. The predicted octanol–water partition coefficient (Wildman–Crippen LogP) is 1.37. The summed E-state index contributed by atoms with van der Waals surface area (Å²) in [6.45, 7) is 0.354. The number of hydrogen-bond donors (Lipinski definition) is 2. The van der Waals surface area contributed by atoms with Crippen molar-refractivity contribution in [3.8, 4) is 12.3 Å². The van der Waals surface area contributed by atoms with Crippen LogP contribution in [0.5, 0.6) is 0 Å². The average Bonchev–Trinajstić information content (AvgIpc) is 2.35. The van der Waals surface area contributed by atoms with Crippen molar-refractivity contribution in [3.05, 3.63) is 30.1 Å². The number of aromatic carboxylic acids is 1. The van der Waals surface area contributed by atoms with E-state index in [-0.39, 0.29) is 5.56 Å². The van der Waals surface area contributed by atoms with E-state index in [0.717, 1.165) is 5.39 Å². The molecule has 84 valence electrons. The van der Waals surface area contributed by atoms with Gasteiger partial charge in [-0.1, -0.05) is 5.92 Å². The summed E-state index contributed by atoms with van der Waals surface area (Å²) in [5.74, 6) is 2.06. The molecule has 17 heavy (non-hydrogen) atoms. The van der Waals surface area contributed by atoms with Crippen LogP contribution in [0.15, 0.2) is 24.5 Å². The first-order chi connectivity index (χ1) is 8.22. The maximum Gasteiger partial charge on any atom is 0.335 e. The highest BCUT2D eigenvalue weighted by atomic mass is 16.4. The van der Waals surface area contributed by atoms with E-state index in [1.165, 1.54) is 18.5 Å². The zero-order chi connectivity index (χ0) is 12.3. The minimum absolute atomic E-state index is 0.194. The van der Waals surface area contributed by atoms with Crippen LogP contribution in [0, 0.1) is 12.3 Å². The molecule has 0 unspecified atom stereocenters. The molecule has 0 spiro atoms. The lowest BCUT2D eigenvalue weighted by Gasteiger charge is -2.05. The van der Waals surface area contributed by atoms with Crippen molar-refractivity contribution in [2.75, 3.05) is 11.9 Å². The molecule has 5 nitrogen and oxygen atoms in total. The van der Waals surface area contributed by atoms with E-state index in [4.69, 9.17) is 11.5 Å². The van der Waals surface area contributed by atoms with Crippen molar-refractivity contribution in [2.24, 2.45) is 0 Å². The van der Waals surface area contributed by atoms with Crippen LogP contribution >= 0.6 is 0 Å². The fraction of sp³-hybridized carbons (Fsp3) is 0.0833. The lowest BCUT2D eigenvalue weighted by molar-refractivity contribution is 0.0697. The van der Waals surface area contributed by atoms with E-state index >= 15 is 0 Å². The smallest absolute Gasteiger partial charge is 0.335 e. The highest BCUT2D eigenvalue weighted by molar-refractivity contribution is 5.96. The zero-order valence-electron chi connectivity index (χ0n) is 8.84. The van der Waals surface area contributed by atoms with Gasteiger partial charge in [0, 0.05) is 5.39 Å². The maximum atomic E-state index is 10.8. The number of carboxylic acids is 1. The highest BCUT2D eigenvalue weighted by Gasteiger charge is 2.07. The van der Waals surface area contributed by atoms with Crippen molar-refractivity contribution in [1.29, 1.82) is 0 Å². The summed E-state index contributed by atoms with van der Waals surface area (Å²) < 4.78 is 0. The van der Waals surface area contributed by atoms with Gasteiger partial charge in [-0.3, -0.25) is 0 Å². The largest absolute Gasteiger partial charge is 0.478 e. The number of nitrogens with zero attached hydrogens (tertiary/aromatic N) is 2. The Morgan fingerprint density at radius 3 is 3.00 bits per heavy atom. The third-order valence-electron chi connectivity index (χ3n) is 2.24. The Bertz CT molecular complexity index is 617. The number of hydrogen-bond acceptors (Lipinski definition) is 4. The quantitative estimate of drug-likeness (QED) is 0.774. The second-order valence-electron chi connectivity index (χ2n) is 3.32. The maximum absolute atomic E-state index is 10.8. The average molecular weight is 227 g/mol. The molecule has 2 N–H and O–H groups in total. The fourth-order valence-electron chi connectivity index (χ4n) is 1.47. The second-order valence-corrected chi connectivity index (χ2v) is 3.32. The highest BCUT2D eigenvalue weighted by Crippen LogP contribution is 2.20. The lowest BCUT2D eigenvalue weighted by atomic mass is 10.1. The summed E-state index contributed by atoms with van der Waals surface area (Å²) in [5.41, 5.74) is 0.763. The number of aromatic nitrogens is 2. The van der Waals surface area contributed by atoms with Crippen molar-refractivity contribution >= 4 is 22.7 Å². The van der Waals surface area contributed by atoms with Crippen molar-refractivity contribution in [1.82, 2.24) is 9.97 Å². The van der Waals surface area contributed by atoms with Crippen LogP contribution in [-0.2, 0) is 0 Å². The first-order valence-corrected chi connectivity index (χ1v) is 4.88. The topological polar surface area (TPSA) is 75.1 Å². The minimum Gasteiger partial charge on any atom is -0.478 e. The van der Waals surface area contributed by atoms with Gasteiger partial charge in [-0.15, -0.1) is 6.42 Å². The number of carboxylic acid groups (broad SMARTS) is 1. The Balaban J connectivity index is 2.51. The summed E-state index contributed by atoms with van der Waals surface area (Å²) >= 11 is 0. The van der Waals surface area contributed by atoms with Gasteiger partial charge >= 0.3 is 5.97 Å². The van der Waals surface area contributed by atoms with Crippen LogP contribution in [0.1, 0.15) is 10.4 Å². The van der Waals surface area contributed by atoms with E-state index in [1.807, 2.05) is 0 Å². The van der Waals surface area contributed by atoms with Gasteiger partial charge in [0.05, 0.1) is 17.6 Å². The van der Waals surface area contributed by atoms with Crippen molar-refractivity contribution < 1.29 is 9.90 Å². The predicted molar refractivity (Wildman–Crippen MR) is 63.8 cm³/mol. The molecular weight excluding hydrogens is 218 g/mol. The van der Waals surface area contributed by atoms with Gasteiger partial charge in [0.15, 0.2) is 0 Å². The Morgan fingerprint density at radius 1 is 1.47 bits per heavy atom. The molecule has 2 rings (SSSR count). The summed E-state index contributed by atoms with van der Waals surface area (Å²) in [7, 11) is 0. The molecule has 0 saturated heterocycles. The summed E-state index contributed by atoms with van der Waals surface area (Å²) in [6.07, 6.45) is 6.52. The van der Waals surface area contributed by atoms with Crippen LogP contribution < -0.4 is 5.32 Å². The number of fused-ring (bicyclic) bond motifs is 1. The molecule has 1 heterocycles. The van der Waals surface area contributed by atoms with Crippen LogP contribution in [0.3, 0.4) is 0 Å².